The molecule has 0 saturated heterocycles. The first kappa shape index (κ1) is 13.7. The lowest BCUT2D eigenvalue weighted by molar-refractivity contribution is -0.119. The fraction of sp³-hybridized carbons (Fsp3) is 0.333. The molecule has 1 aromatic carbocycles. The molecular weight excluding hydrogens is 282 g/mol. The van der Waals surface area contributed by atoms with Gasteiger partial charge in [0, 0.05) is 16.9 Å². The molecule has 2 N–H and O–H groups in total. The molecule has 0 spiro atoms. The van der Waals surface area contributed by atoms with Crippen molar-refractivity contribution in [3.05, 3.63) is 28.2 Å². The summed E-state index contributed by atoms with van der Waals surface area (Å²) >= 11 is 3.28. The molecule has 1 aromatic rings. The second-order valence-electron chi connectivity index (χ2n) is 3.75. The predicted molar refractivity (Wildman–Crippen MR) is 70.6 cm³/mol. The van der Waals surface area contributed by atoms with Crippen molar-refractivity contribution in [2.75, 3.05) is 18.9 Å². The number of amides is 1. The van der Waals surface area contributed by atoms with Gasteiger partial charge in [0.15, 0.2) is 0 Å². The van der Waals surface area contributed by atoms with Crippen molar-refractivity contribution >= 4 is 27.5 Å². The summed E-state index contributed by atoms with van der Waals surface area (Å²) in [6.07, 6.45) is 0. The van der Waals surface area contributed by atoms with E-state index in [0.29, 0.717) is 17.8 Å². The fourth-order valence-corrected chi connectivity index (χ4v) is 1.73. The Hall–Kier alpha value is -1.38. The molecule has 4 nitrogen and oxygen atoms in total. The van der Waals surface area contributed by atoms with E-state index in [4.69, 9.17) is 5.26 Å². The van der Waals surface area contributed by atoms with Crippen LogP contribution < -0.4 is 10.6 Å². The summed E-state index contributed by atoms with van der Waals surface area (Å²) in [7, 11) is 1.80. The molecule has 90 valence electrons. The highest BCUT2D eigenvalue weighted by atomic mass is 79.9. The monoisotopic (exact) mass is 295 g/mol. The SMILES string of the molecule is CNCC(C)C(=O)Nc1ccc(Br)cc1C#N. The van der Waals surface area contributed by atoms with Gasteiger partial charge in [-0.25, -0.2) is 0 Å². The number of hydrogen-bond acceptors (Lipinski definition) is 3. The van der Waals surface area contributed by atoms with Crippen LogP contribution in [0.25, 0.3) is 0 Å². The van der Waals surface area contributed by atoms with E-state index in [1.807, 2.05) is 6.92 Å². The van der Waals surface area contributed by atoms with Crippen LogP contribution in [0.3, 0.4) is 0 Å². The topological polar surface area (TPSA) is 64.9 Å². The summed E-state index contributed by atoms with van der Waals surface area (Å²) < 4.78 is 0.815. The average molecular weight is 296 g/mol. The molecule has 0 radical (unpaired) electrons. The minimum Gasteiger partial charge on any atom is -0.325 e. The molecule has 0 bridgehead atoms. The third-order valence-corrected chi connectivity index (χ3v) is 2.81. The van der Waals surface area contributed by atoms with Crippen LogP contribution in [0.15, 0.2) is 22.7 Å². The van der Waals surface area contributed by atoms with E-state index in [-0.39, 0.29) is 11.8 Å². The third-order valence-electron chi connectivity index (χ3n) is 2.32. The zero-order chi connectivity index (χ0) is 12.8. The van der Waals surface area contributed by atoms with E-state index >= 15 is 0 Å². The maximum Gasteiger partial charge on any atom is 0.228 e. The first-order valence-electron chi connectivity index (χ1n) is 5.23. The molecule has 0 fully saturated rings. The summed E-state index contributed by atoms with van der Waals surface area (Å²) in [6.45, 7) is 2.43. The van der Waals surface area contributed by atoms with Crippen LogP contribution in [0, 0.1) is 17.2 Å². The molecule has 0 aromatic heterocycles. The summed E-state index contributed by atoms with van der Waals surface area (Å²) in [6, 6.07) is 7.24. The van der Waals surface area contributed by atoms with E-state index in [2.05, 4.69) is 32.6 Å². The number of carbonyl (C=O) groups is 1. The van der Waals surface area contributed by atoms with Gasteiger partial charge >= 0.3 is 0 Å². The Labute approximate surface area is 109 Å². The van der Waals surface area contributed by atoms with Gasteiger partial charge < -0.3 is 10.6 Å². The Morgan fingerprint density at radius 3 is 2.88 bits per heavy atom. The second kappa shape index (κ2) is 6.38. The van der Waals surface area contributed by atoms with Gasteiger partial charge in [0.25, 0.3) is 0 Å². The number of nitrogens with zero attached hydrogens (tertiary/aromatic N) is 1. The van der Waals surface area contributed by atoms with Crippen molar-refractivity contribution in [2.45, 2.75) is 6.92 Å². The van der Waals surface area contributed by atoms with Crippen LogP contribution in [0.2, 0.25) is 0 Å². The van der Waals surface area contributed by atoms with Gasteiger partial charge in [-0.15, -0.1) is 0 Å². The van der Waals surface area contributed by atoms with Gasteiger partial charge in [-0.3, -0.25) is 4.79 Å². The van der Waals surface area contributed by atoms with Crippen LogP contribution in [0.4, 0.5) is 5.69 Å². The fourth-order valence-electron chi connectivity index (χ4n) is 1.37. The molecule has 17 heavy (non-hydrogen) atoms. The molecule has 0 saturated carbocycles. The number of nitriles is 1. The molecule has 1 atom stereocenters. The molecule has 5 heteroatoms. The minimum atomic E-state index is -0.143. The molecule has 0 heterocycles. The maximum atomic E-state index is 11.8. The molecule has 1 rings (SSSR count). The number of anilines is 1. The van der Waals surface area contributed by atoms with Gasteiger partial charge in [-0.1, -0.05) is 22.9 Å². The molecular formula is C12H14BrN3O. The number of halogens is 1. The van der Waals surface area contributed by atoms with Crippen molar-refractivity contribution in [1.82, 2.24) is 5.32 Å². The van der Waals surface area contributed by atoms with Crippen molar-refractivity contribution in [3.8, 4) is 6.07 Å². The molecule has 1 amide bonds. The predicted octanol–water partition coefficient (Wildman–Crippen LogP) is 2.11. The lowest BCUT2D eigenvalue weighted by Crippen LogP contribution is -2.28. The number of nitrogens with one attached hydrogen (secondary N) is 2. The Bertz CT molecular complexity index is 454. The standard InChI is InChI=1S/C12H14BrN3O/c1-8(7-15-2)12(17)16-11-4-3-10(13)5-9(11)6-14/h3-5,8,15H,7H2,1-2H3,(H,16,17). The van der Waals surface area contributed by atoms with Crippen molar-refractivity contribution < 1.29 is 4.79 Å². The normalized spacial score (nSPS) is 11.6. The van der Waals surface area contributed by atoms with Crippen molar-refractivity contribution in [3.63, 3.8) is 0 Å². The summed E-state index contributed by atoms with van der Waals surface area (Å²) in [5.41, 5.74) is 0.994. The minimum absolute atomic E-state index is 0.0989. The first-order chi connectivity index (χ1) is 8.08. The average Bonchev–Trinajstić information content (AvgIpc) is 2.31. The van der Waals surface area contributed by atoms with E-state index in [9.17, 15) is 4.79 Å². The smallest absolute Gasteiger partial charge is 0.228 e. The summed E-state index contributed by atoms with van der Waals surface area (Å²) in [5.74, 6) is -0.242. The number of benzene rings is 1. The highest BCUT2D eigenvalue weighted by Crippen LogP contribution is 2.20. The first-order valence-corrected chi connectivity index (χ1v) is 6.03. The van der Waals surface area contributed by atoms with Crippen LogP contribution in [-0.2, 0) is 4.79 Å². The Morgan fingerprint density at radius 2 is 2.29 bits per heavy atom. The zero-order valence-electron chi connectivity index (χ0n) is 9.75. The molecule has 0 aliphatic rings. The Morgan fingerprint density at radius 1 is 1.59 bits per heavy atom. The zero-order valence-corrected chi connectivity index (χ0v) is 11.3. The van der Waals surface area contributed by atoms with Crippen LogP contribution in [0.5, 0.6) is 0 Å². The van der Waals surface area contributed by atoms with Crippen LogP contribution in [0.1, 0.15) is 12.5 Å². The van der Waals surface area contributed by atoms with Gasteiger partial charge in [0.2, 0.25) is 5.91 Å². The number of rotatable bonds is 4. The highest BCUT2D eigenvalue weighted by Gasteiger charge is 2.13. The van der Waals surface area contributed by atoms with Gasteiger partial charge in [0.1, 0.15) is 6.07 Å². The van der Waals surface area contributed by atoms with Gasteiger partial charge in [-0.05, 0) is 25.2 Å². The van der Waals surface area contributed by atoms with Crippen LogP contribution in [-0.4, -0.2) is 19.5 Å². The van der Waals surface area contributed by atoms with Crippen molar-refractivity contribution in [1.29, 1.82) is 5.26 Å². The van der Waals surface area contributed by atoms with E-state index in [1.54, 1.807) is 25.2 Å². The quantitative estimate of drug-likeness (QED) is 0.894. The lowest BCUT2D eigenvalue weighted by Gasteiger charge is -2.12. The lowest BCUT2D eigenvalue weighted by atomic mass is 10.1. The summed E-state index contributed by atoms with van der Waals surface area (Å²) in [5, 5.41) is 14.7. The molecule has 0 aliphatic carbocycles. The Kier molecular flexibility index (Phi) is 5.13. The number of hydrogen-bond donors (Lipinski definition) is 2. The van der Waals surface area contributed by atoms with E-state index < -0.39 is 0 Å². The second-order valence-corrected chi connectivity index (χ2v) is 4.67. The van der Waals surface area contributed by atoms with E-state index in [0.717, 1.165) is 4.47 Å². The molecule has 0 aliphatic heterocycles. The van der Waals surface area contributed by atoms with Crippen LogP contribution >= 0.6 is 15.9 Å². The maximum absolute atomic E-state index is 11.8. The molecule has 1 unspecified atom stereocenters. The number of carbonyl (C=O) groups excluding carboxylic acids is 1. The largest absolute Gasteiger partial charge is 0.325 e. The summed E-state index contributed by atoms with van der Waals surface area (Å²) in [4.78, 5) is 11.8. The van der Waals surface area contributed by atoms with Gasteiger partial charge in [-0.2, -0.15) is 5.26 Å². The van der Waals surface area contributed by atoms with Crippen molar-refractivity contribution in [2.24, 2.45) is 5.92 Å². The highest BCUT2D eigenvalue weighted by molar-refractivity contribution is 9.10. The third kappa shape index (κ3) is 3.84. The van der Waals surface area contributed by atoms with Gasteiger partial charge in [0.05, 0.1) is 11.3 Å². The van der Waals surface area contributed by atoms with E-state index in [1.165, 1.54) is 0 Å². The Balaban J connectivity index is 2.82.